The molecule has 2 heterocycles. The van der Waals surface area contributed by atoms with Crippen molar-refractivity contribution in [3.63, 3.8) is 0 Å². The third-order valence-corrected chi connectivity index (χ3v) is 3.45. The minimum absolute atomic E-state index is 0.131. The lowest BCUT2D eigenvalue weighted by Crippen LogP contribution is -1.91. The van der Waals surface area contributed by atoms with Crippen molar-refractivity contribution in [1.29, 1.82) is 5.26 Å². The highest BCUT2D eigenvalue weighted by Gasteiger charge is 2.14. The number of nitriles is 1. The standard InChI is InChI=1S/C13H14N4OS/c1-8(2)12-16-10(6-14)13(18-12)17-15-7-11-9(3)4-5-19-11/h4-5,7-8,17H,1-3H3/b15-7+. The van der Waals surface area contributed by atoms with Gasteiger partial charge in [0, 0.05) is 10.8 Å². The topological polar surface area (TPSA) is 74.2 Å². The number of rotatable bonds is 4. The fourth-order valence-electron chi connectivity index (χ4n) is 1.40. The highest BCUT2D eigenvalue weighted by molar-refractivity contribution is 7.11. The lowest BCUT2D eigenvalue weighted by atomic mass is 10.2. The van der Waals surface area contributed by atoms with Gasteiger partial charge in [0.2, 0.25) is 11.6 Å². The number of nitrogens with zero attached hydrogens (tertiary/aromatic N) is 3. The average Bonchev–Trinajstić information content (AvgIpc) is 2.96. The second-order valence-electron chi connectivity index (χ2n) is 4.33. The largest absolute Gasteiger partial charge is 0.422 e. The molecule has 0 saturated heterocycles. The van der Waals surface area contributed by atoms with Crippen LogP contribution < -0.4 is 5.43 Å². The number of hydrogen-bond donors (Lipinski definition) is 1. The van der Waals surface area contributed by atoms with Crippen molar-refractivity contribution in [2.75, 3.05) is 5.43 Å². The molecule has 0 spiro atoms. The molecule has 98 valence electrons. The average molecular weight is 274 g/mol. The number of anilines is 1. The molecule has 1 N–H and O–H groups in total. The molecule has 5 nitrogen and oxygen atoms in total. The molecule has 0 aliphatic carbocycles. The van der Waals surface area contributed by atoms with Crippen LogP contribution in [0, 0.1) is 18.3 Å². The quantitative estimate of drug-likeness (QED) is 0.684. The fourth-order valence-corrected chi connectivity index (χ4v) is 2.19. The minimum Gasteiger partial charge on any atom is -0.422 e. The third kappa shape index (κ3) is 3.01. The van der Waals surface area contributed by atoms with E-state index in [0.717, 1.165) is 10.4 Å². The van der Waals surface area contributed by atoms with Crippen LogP contribution in [0.4, 0.5) is 5.88 Å². The summed E-state index contributed by atoms with van der Waals surface area (Å²) in [7, 11) is 0. The highest BCUT2D eigenvalue weighted by atomic mass is 32.1. The van der Waals surface area contributed by atoms with Crippen LogP contribution in [0.5, 0.6) is 0 Å². The van der Waals surface area contributed by atoms with Crippen LogP contribution in [-0.4, -0.2) is 11.2 Å². The van der Waals surface area contributed by atoms with Gasteiger partial charge in [-0.3, -0.25) is 0 Å². The smallest absolute Gasteiger partial charge is 0.252 e. The minimum atomic E-state index is 0.131. The predicted molar refractivity (Wildman–Crippen MR) is 75.6 cm³/mol. The van der Waals surface area contributed by atoms with E-state index in [9.17, 15) is 0 Å². The van der Waals surface area contributed by atoms with E-state index in [2.05, 4.69) is 15.5 Å². The molecule has 0 fully saturated rings. The summed E-state index contributed by atoms with van der Waals surface area (Å²) in [5.74, 6) is 0.949. The maximum atomic E-state index is 8.98. The van der Waals surface area contributed by atoms with Gasteiger partial charge in [0.15, 0.2) is 0 Å². The zero-order valence-electron chi connectivity index (χ0n) is 11.0. The Labute approximate surface area is 115 Å². The Bertz CT molecular complexity index is 633. The van der Waals surface area contributed by atoms with Crippen molar-refractivity contribution in [1.82, 2.24) is 4.98 Å². The van der Waals surface area contributed by atoms with Gasteiger partial charge in [-0.15, -0.1) is 11.3 Å². The summed E-state index contributed by atoms with van der Waals surface area (Å²) in [6.45, 7) is 5.92. The number of thiophene rings is 1. The fraction of sp³-hybridized carbons (Fsp3) is 0.308. The molecule has 0 aliphatic rings. The Morgan fingerprint density at radius 2 is 2.37 bits per heavy atom. The van der Waals surface area contributed by atoms with Gasteiger partial charge < -0.3 is 4.42 Å². The second-order valence-corrected chi connectivity index (χ2v) is 5.28. The highest BCUT2D eigenvalue weighted by Crippen LogP contribution is 2.22. The van der Waals surface area contributed by atoms with E-state index < -0.39 is 0 Å². The first-order chi connectivity index (χ1) is 9.11. The molecule has 0 radical (unpaired) electrons. The Balaban J connectivity index is 2.13. The molecule has 0 aliphatic heterocycles. The molecular formula is C13H14N4OS. The molecule has 0 aromatic carbocycles. The Morgan fingerprint density at radius 1 is 1.58 bits per heavy atom. The van der Waals surface area contributed by atoms with Gasteiger partial charge in [-0.2, -0.15) is 10.4 Å². The van der Waals surface area contributed by atoms with Gasteiger partial charge in [0.05, 0.1) is 6.21 Å². The van der Waals surface area contributed by atoms with E-state index in [0.29, 0.717) is 5.89 Å². The molecule has 2 rings (SSSR count). The lowest BCUT2D eigenvalue weighted by molar-refractivity contribution is 0.481. The number of aromatic nitrogens is 1. The normalized spacial score (nSPS) is 11.1. The Morgan fingerprint density at radius 3 is 2.95 bits per heavy atom. The van der Waals surface area contributed by atoms with Crippen molar-refractivity contribution in [2.45, 2.75) is 26.7 Å². The number of hydrogen-bond acceptors (Lipinski definition) is 6. The summed E-state index contributed by atoms with van der Waals surface area (Å²) in [6.07, 6.45) is 1.71. The molecule has 0 saturated carbocycles. The van der Waals surface area contributed by atoms with Crippen molar-refractivity contribution in [3.8, 4) is 6.07 Å². The molecule has 0 amide bonds. The van der Waals surface area contributed by atoms with E-state index in [1.165, 1.54) is 0 Å². The molecular weight excluding hydrogens is 260 g/mol. The van der Waals surface area contributed by atoms with Crippen LogP contribution >= 0.6 is 11.3 Å². The predicted octanol–water partition coefficient (Wildman–Crippen LogP) is 3.49. The Hall–Kier alpha value is -2.13. The Kier molecular flexibility index (Phi) is 3.97. The second kappa shape index (κ2) is 5.67. The van der Waals surface area contributed by atoms with Crippen LogP contribution in [0.2, 0.25) is 0 Å². The van der Waals surface area contributed by atoms with E-state index in [4.69, 9.17) is 9.68 Å². The summed E-state index contributed by atoms with van der Waals surface area (Å²) >= 11 is 1.60. The molecule has 19 heavy (non-hydrogen) atoms. The molecule has 0 atom stereocenters. The van der Waals surface area contributed by atoms with E-state index in [1.807, 2.05) is 38.3 Å². The van der Waals surface area contributed by atoms with Gasteiger partial charge in [-0.05, 0) is 23.9 Å². The van der Waals surface area contributed by atoms with Crippen molar-refractivity contribution >= 4 is 23.4 Å². The van der Waals surface area contributed by atoms with Gasteiger partial charge >= 0.3 is 0 Å². The summed E-state index contributed by atoms with van der Waals surface area (Å²) in [5.41, 5.74) is 4.12. The van der Waals surface area contributed by atoms with Crippen LogP contribution in [0.3, 0.4) is 0 Å². The number of nitrogens with one attached hydrogen (secondary N) is 1. The monoisotopic (exact) mass is 274 g/mol. The summed E-state index contributed by atoms with van der Waals surface area (Å²) in [5, 5.41) is 15.1. The molecule has 2 aromatic heterocycles. The van der Waals surface area contributed by atoms with Crippen LogP contribution in [-0.2, 0) is 0 Å². The molecule has 2 aromatic rings. The zero-order chi connectivity index (χ0) is 13.8. The number of oxazole rings is 1. The van der Waals surface area contributed by atoms with Crippen molar-refractivity contribution in [3.05, 3.63) is 33.5 Å². The van der Waals surface area contributed by atoms with Crippen molar-refractivity contribution in [2.24, 2.45) is 5.10 Å². The third-order valence-electron chi connectivity index (χ3n) is 2.49. The van der Waals surface area contributed by atoms with Gasteiger partial charge in [-0.1, -0.05) is 13.8 Å². The summed E-state index contributed by atoms with van der Waals surface area (Å²) in [4.78, 5) is 5.16. The van der Waals surface area contributed by atoms with Crippen LogP contribution in [0.1, 0.15) is 41.8 Å². The van der Waals surface area contributed by atoms with Gasteiger partial charge in [0.1, 0.15) is 6.07 Å². The van der Waals surface area contributed by atoms with E-state index >= 15 is 0 Å². The first kappa shape index (κ1) is 13.3. The SMILES string of the molecule is Cc1ccsc1/C=N/Nc1oc(C(C)C)nc1C#N. The first-order valence-electron chi connectivity index (χ1n) is 5.85. The summed E-state index contributed by atoms with van der Waals surface area (Å²) in [6, 6.07) is 4.01. The first-order valence-corrected chi connectivity index (χ1v) is 6.73. The lowest BCUT2D eigenvalue weighted by Gasteiger charge is -1.96. The zero-order valence-corrected chi connectivity index (χ0v) is 11.8. The molecule has 6 heteroatoms. The maximum Gasteiger partial charge on any atom is 0.252 e. The van der Waals surface area contributed by atoms with Crippen LogP contribution in [0.15, 0.2) is 21.0 Å². The molecule has 0 unspecified atom stereocenters. The van der Waals surface area contributed by atoms with Gasteiger partial charge in [-0.25, -0.2) is 10.4 Å². The van der Waals surface area contributed by atoms with E-state index in [1.54, 1.807) is 17.6 Å². The van der Waals surface area contributed by atoms with Gasteiger partial charge in [0.25, 0.3) is 5.88 Å². The summed E-state index contributed by atoms with van der Waals surface area (Å²) < 4.78 is 5.46. The van der Waals surface area contributed by atoms with Crippen LogP contribution in [0.25, 0.3) is 0 Å². The number of aryl methyl sites for hydroxylation is 1. The number of hydrazone groups is 1. The maximum absolute atomic E-state index is 8.98. The van der Waals surface area contributed by atoms with E-state index in [-0.39, 0.29) is 17.5 Å². The molecule has 0 bridgehead atoms. The van der Waals surface area contributed by atoms with Crippen molar-refractivity contribution < 1.29 is 4.42 Å².